The first kappa shape index (κ1) is 62.6. The normalized spacial score (nSPS) is 12.2. The Morgan fingerprint density at radius 2 is 0.269 bits per heavy atom. The number of benzene rings is 12. The lowest BCUT2D eigenvalue weighted by Gasteiger charge is -2.22. The molecule has 108 heavy (non-hydrogen) atoms. The lowest BCUT2D eigenvalue weighted by Crippen LogP contribution is -2.04. The first-order valence-corrected chi connectivity index (χ1v) is 33.2. The van der Waals surface area contributed by atoms with Gasteiger partial charge in [-0.1, -0.05) is 35.5 Å². The van der Waals surface area contributed by atoms with Gasteiger partial charge in [-0.2, -0.15) is 0 Å². The molecule has 0 spiro atoms. The van der Waals surface area contributed by atoms with Crippen LogP contribution in [-0.2, 0) is 0 Å². The lowest BCUT2D eigenvalue weighted by atomic mass is 10.1. The number of nitrogens with zero attached hydrogens (tertiary/aromatic N) is 6. The van der Waals surface area contributed by atoms with Crippen LogP contribution in [0.4, 0.5) is 0 Å². The van der Waals surface area contributed by atoms with Gasteiger partial charge in [0, 0.05) is 103 Å². The van der Waals surface area contributed by atoms with E-state index in [1.54, 1.807) is 140 Å². The van der Waals surface area contributed by atoms with Crippen LogP contribution in [0.25, 0.3) is 68.3 Å². The first-order chi connectivity index (χ1) is 53.0. The Kier molecular flexibility index (Phi) is 14.7. The average molecular weight is 1400 g/mol. The highest BCUT2D eigenvalue weighted by atomic mass is 16.6. The van der Waals surface area contributed by atoms with Crippen LogP contribution in [0.3, 0.4) is 0 Å². The van der Waals surface area contributed by atoms with Crippen molar-refractivity contribution < 1.29 is 56.8 Å². The second-order valence-corrected chi connectivity index (χ2v) is 24.6. The summed E-state index contributed by atoms with van der Waals surface area (Å²) in [6, 6.07) is 64.9. The van der Waals surface area contributed by atoms with Crippen molar-refractivity contribution in [1.29, 1.82) is 0 Å². The molecule has 2 aromatic heterocycles. The van der Waals surface area contributed by atoms with Crippen LogP contribution in [0.5, 0.6) is 138 Å². The first-order valence-electron chi connectivity index (χ1n) is 33.2. The van der Waals surface area contributed by atoms with Gasteiger partial charge in [0.25, 0.3) is 0 Å². The highest BCUT2D eigenvalue weighted by molar-refractivity contribution is 5.77. The maximum Gasteiger partial charge on any atom is 0.171 e. The number of ether oxygens (including phenoxy) is 12. The van der Waals surface area contributed by atoms with Crippen molar-refractivity contribution in [2.24, 2.45) is 0 Å². The summed E-state index contributed by atoms with van der Waals surface area (Å²) in [4.78, 5) is 29.6. The third-order valence-corrected chi connectivity index (χ3v) is 17.8. The molecule has 0 aliphatic carbocycles. The van der Waals surface area contributed by atoms with Crippen molar-refractivity contribution in [3.8, 4) is 280 Å². The summed E-state index contributed by atoms with van der Waals surface area (Å²) in [6.07, 6.45) is 33.6. The summed E-state index contributed by atoms with van der Waals surface area (Å²) in [5.41, 5.74) is 8.07. The van der Waals surface area contributed by atoms with E-state index in [1.165, 1.54) is 0 Å². The number of rotatable bonds is 6. The Hall–Kier alpha value is -16.4. The van der Waals surface area contributed by atoms with Crippen LogP contribution >= 0.6 is 0 Å². The van der Waals surface area contributed by atoms with E-state index in [1.807, 2.05) is 78.9 Å². The number of terminal acetylenes is 6. The molecule has 0 saturated heterocycles. The van der Waals surface area contributed by atoms with Gasteiger partial charge in [0.05, 0.1) is 0 Å². The molecule has 504 valence electrons. The molecule has 12 aromatic carbocycles. The van der Waals surface area contributed by atoms with E-state index in [2.05, 4.69) is 35.5 Å². The molecule has 20 rings (SSSR count). The minimum Gasteiger partial charge on any atom is -0.450 e. The zero-order valence-electron chi connectivity index (χ0n) is 55.8. The maximum atomic E-state index is 6.25. The third-order valence-electron chi connectivity index (χ3n) is 17.8. The van der Waals surface area contributed by atoms with Crippen LogP contribution < -0.4 is 56.8 Å². The molecule has 18 heteroatoms. The maximum absolute atomic E-state index is 6.25. The SMILES string of the molecule is C#Cc1ccc2c(c1)Oc1ccc(-c3nc(-c4ccc5c(c4)Oc4ccc(C#C)cc4O5)nc(-c4ccc5c(c4)Oc4cc(C#C)ccc4O5)n3)cc1O2.C#Cc1ccc2c(c1)Oc1ccc(-c3nc(-c4ccc5c(c4)Oc4ccc(C#C)cc4O5)nc(-c4ccc5c(c4)Oc4ccc(C#C)cc4O5)n3)cc1O2. The zero-order valence-corrected chi connectivity index (χ0v) is 55.8. The summed E-state index contributed by atoms with van der Waals surface area (Å²) in [6.45, 7) is 0. The fourth-order valence-electron chi connectivity index (χ4n) is 12.4. The van der Waals surface area contributed by atoms with Gasteiger partial charge in [0.2, 0.25) is 0 Å². The Balaban J connectivity index is 0.000000147. The second kappa shape index (κ2) is 25.3. The molecule has 14 aromatic rings. The van der Waals surface area contributed by atoms with Crippen molar-refractivity contribution in [3.63, 3.8) is 0 Å². The fraction of sp³-hybridized carbons (Fsp3) is 0. The van der Waals surface area contributed by atoms with E-state index in [0.29, 0.717) is 240 Å². The van der Waals surface area contributed by atoms with Crippen molar-refractivity contribution >= 4 is 0 Å². The lowest BCUT2D eigenvalue weighted by molar-refractivity contribution is 0.359. The molecule has 0 atom stereocenters. The molecule has 0 radical (unpaired) electrons. The molecular weight excluding hydrogens is 1360 g/mol. The smallest absolute Gasteiger partial charge is 0.171 e. The van der Waals surface area contributed by atoms with Gasteiger partial charge in [0.1, 0.15) is 0 Å². The van der Waals surface area contributed by atoms with Crippen molar-refractivity contribution in [2.45, 2.75) is 0 Å². The quantitative estimate of drug-likeness (QED) is 0.143. The van der Waals surface area contributed by atoms with Crippen LogP contribution in [0.15, 0.2) is 218 Å². The number of hydrogen-bond acceptors (Lipinski definition) is 18. The fourth-order valence-corrected chi connectivity index (χ4v) is 12.4. The van der Waals surface area contributed by atoms with Gasteiger partial charge >= 0.3 is 0 Å². The Morgan fingerprint density at radius 1 is 0.148 bits per heavy atom. The summed E-state index contributed by atoms with van der Waals surface area (Å²) >= 11 is 0. The van der Waals surface area contributed by atoms with Crippen LogP contribution in [0.2, 0.25) is 0 Å². The zero-order chi connectivity index (χ0) is 72.7. The molecule has 6 aliphatic rings. The van der Waals surface area contributed by atoms with Crippen molar-refractivity contribution in [3.05, 3.63) is 252 Å². The van der Waals surface area contributed by atoms with E-state index in [0.717, 1.165) is 0 Å². The molecule has 18 nitrogen and oxygen atoms in total. The van der Waals surface area contributed by atoms with Crippen LogP contribution in [-0.4, -0.2) is 29.9 Å². The molecule has 0 amide bonds. The van der Waals surface area contributed by atoms with Gasteiger partial charge in [-0.05, 0) is 182 Å². The minimum absolute atomic E-state index is 0.383. The minimum atomic E-state index is 0.383. The van der Waals surface area contributed by atoms with E-state index in [4.69, 9.17) is 125 Å². The summed E-state index contributed by atoms with van der Waals surface area (Å²) < 4.78 is 74.2. The number of fused-ring (bicyclic) bond motifs is 12. The Morgan fingerprint density at radius 3 is 0.417 bits per heavy atom. The highest BCUT2D eigenvalue weighted by Gasteiger charge is 2.29. The van der Waals surface area contributed by atoms with Crippen LogP contribution in [0, 0.1) is 74.1 Å². The largest absolute Gasteiger partial charge is 0.450 e. The van der Waals surface area contributed by atoms with E-state index >= 15 is 0 Å². The third kappa shape index (κ3) is 11.5. The molecule has 6 aliphatic heterocycles. The van der Waals surface area contributed by atoms with E-state index < -0.39 is 0 Å². The van der Waals surface area contributed by atoms with Gasteiger partial charge in [0.15, 0.2) is 173 Å². The molecule has 0 N–H and O–H groups in total. The predicted molar refractivity (Wildman–Crippen MR) is 399 cm³/mol. The molecule has 0 unspecified atom stereocenters. The van der Waals surface area contributed by atoms with Gasteiger partial charge in [-0.3, -0.25) is 0 Å². The molecule has 0 saturated carbocycles. The molecule has 8 heterocycles. The van der Waals surface area contributed by atoms with Gasteiger partial charge < -0.3 is 56.8 Å². The summed E-state index contributed by atoms with van der Waals surface area (Å²) in [7, 11) is 0. The number of aromatic nitrogens is 6. The van der Waals surface area contributed by atoms with E-state index in [9.17, 15) is 0 Å². The molecular formula is C90H42N6O12. The summed E-state index contributed by atoms with van der Waals surface area (Å²) in [5.74, 6) is 30.6. The highest BCUT2D eigenvalue weighted by Crippen LogP contribution is 2.54. The predicted octanol–water partition coefficient (Wildman–Crippen LogP) is 21.0. The monoisotopic (exact) mass is 1400 g/mol. The molecule has 0 fully saturated rings. The van der Waals surface area contributed by atoms with Gasteiger partial charge in [-0.25, -0.2) is 29.9 Å². The average Bonchev–Trinajstić information content (AvgIpc) is 0.775. The Bertz CT molecular complexity index is 6120. The van der Waals surface area contributed by atoms with Crippen LogP contribution in [0.1, 0.15) is 33.4 Å². The van der Waals surface area contributed by atoms with Crippen molar-refractivity contribution in [2.75, 3.05) is 0 Å². The van der Waals surface area contributed by atoms with Gasteiger partial charge in [-0.15, -0.1) is 38.5 Å². The standard InChI is InChI=1S/2C45H21N3O6/c1-4-25-8-14-32-37(19-25)50-35-17-11-28(22-40(35)52-32)43-46-44(29-12-18-36-41(23-29)53-33-15-9-26(5-2)20-38(33)51-36)48-45(47-43)30-10-16-34-42(24-30)54-39-21-27(6-3)7-13-31(39)49-34;1-4-25-7-13-31-37(19-25)49-34-16-10-28(22-40(34)52-31)43-46-44(29-11-17-35-41(23-29)53-32-14-8-26(5-2)20-38(32)50-35)48-45(47-43)30-12-18-36-42(24-30)54-33-15-9-27(6-3)21-39(33)51-36/h2*1-3,7-24H. The second-order valence-electron chi connectivity index (χ2n) is 24.6. The summed E-state index contributed by atoms with van der Waals surface area (Å²) in [5, 5.41) is 0. The Labute approximate surface area is 615 Å². The van der Waals surface area contributed by atoms with Crippen molar-refractivity contribution in [1.82, 2.24) is 29.9 Å². The molecule has 0 bridgehead atoms. The van der Waals surface area contributed by atoms with E-state index in [-0.39, 0.29) is 0 Å². The topological polar surface area (TPSA) is 188 Å². The number of hydrogen-bond donors (Lipinski definition) is 0.